The number of aryl methyl sites for hydroxylation is 1. The molecule has 0 saturated heterocycles. The predicted octanol–water partition coefficient (Wildman–Crippen LogP) is 3.62. The van der Waals surface area contributed by atoms with E-state index in [2.05, 4.69) is 5.32 Å². The van der Waals surface area contributed by atoms with E-state index < -0.39 is 12.6 Å². The summed E-state index contributed by atoms with van der Waals surface area (Å²) in [6.45, 7) is 1.84. The van der Waals surface area contributed by atoms with Crippen LogP contribution in [0.3, 0.4) is 0 Å². The summed E-state index contributed by atoms with van der Waals surface area (Å²) >= 11 is 0. The summed E-state index contributed by atoms with van der Waals surface area (Å²) in [6.07, 6.45) is -5.00. The fourth-order valence-corrected chi connectivity index (χ4v) is 2.14. The Bertz CT molecular complexity index is 447. The quantitative estimate of drug-likeness (QED) is 0.868. The van der Waals surface area contributed by atoms with Gasteiger partial charge in [0.2, 0.25) is 0 Å². The van der Waals surface area contributed by atoms with Gasteiger partial charge >= 0.3 is 6.18 Å². The number of alkyl halides is 3. The Kier molecular flexibility index (Phi) is 5.68. The lowest BCUT2D eigenvalue weighted by Crippen LogP contribution is -2.20. The number of halogens is 3. The number of rotatable bonds is 6. The van der Waals surface area contributed by atoms with Crippen molar-refractivity contribution in [1.29, 1.82) is 0 Å². The van der Waals surface area contributed by atoms with Crippen molar-refractivity contribution in [3.05, 3.63) is 23.3 Å². The Morgan fingerprint density at radius 3 is 2.15 bits per heavy atom. The molecule has 0 aliphatic rings. The molecule has 1 atom stereocenters. The van der Waals surface area contributed by atoms with E-state index >= 15 is 0 Å². The average molecular weight is 291 g/mol. The van der Waals surface area contributed by atoms with Gasteiger partial charge in [0.25, 0.3) is 0 Å². The predicted molar refractivity (Wildman–Crippen MR) is 71.4 cm³/mol. The van der Waals surface area contributed by atoms with Gasteiger partial charge < -0.3 is 14.8 Å². The molecule has 0 bridgehead atoms. The molecule has 20 heavy (non-hydrogen) atoms. The lowest BCUT2D eigenvalue weighted by atomic mass is 9.96. The SMILES string of the molecule is CNC(CCC(F)(F)F)c1cc(OC)c(OC)cc1C. The summed E-state index contributed by atoms with van der Waals surface area (Å²) in [6, 6.07) is 3.12. The zero-order valence-corrected chi connectivity index (χ0v) is 12.1. The zero-order chi connectivity index (χ0) is 15.3. The Labute approximate surface area is 117 Å². The van der Waals surface area contributed by atoms with Gasteiger partial charge in [0.1, 0.15) is 0 Å². The van der Waals surface area contributed by atoms with Crippen LogP contribution in [0.4, 0.5) is 13.2 Å². The molecule has 0 aromatic heterocycles. The number of benzene rings is 1. The van der Waals surface area contributed by atoms with Crippen LogP contribution in [0, 0.1) is 6.92 Å². The maximum Gasteiger partial charge on any atom is 0.389 e. The fraction of sp³-hybridized carbons (Fsp3) is 0.571. The molecule has 0 fully saturated rings. The summed E-state index contributed by atoms with van der Waals surface area (Å²) in [5, 5.41) is 2.92. The van der Waals surface area contributed by atoms with Gasteiger partial charge in [-0.1, -0.05) is 0 Å². The van der Waals surface area contributed by atoms with Gasteiger partial charge in [-0.3, -0.25) is 0 Å². The van der Waals surface area contributed by atoms with Crippen molar-refractivity contribution < 1.29 is 22.6 Å². The highest BCUT2D eigenvalue weighted by Gasteiger charge is 2.29. The second kappa shape index (κ2) is 6.83. The van der Waals surface area contributed by atoms with Crippen LogP contribution in [0.1, 0.15) is 30.0 Å². The Morgan fingerprint density at radius 1 is 1.15 bits per heavy atom. The Morgan fingerprint density at radius 2 is 1.70 bits per heavy atom. The van der Waals surface area contributed by atoms with E-state index in [0.29, 0.717) is 11.5 Å². The zero-order valence-electron chi connectivity index (χ0n) is 12.1. The van der Waals surface area contributed by atoms with Crippen LogP contribution in [-0.4, -0.2) is 27.4 Å². The Balaban J connectivity index is 3.03. The summed E-state index contributed by atoms with van der Waals surface area (Å²) in [7, 11) is 4.68. The van der Waals surface area contributed by atoms with Crippen molar-refractivity contribution in [3.8, 4) is 11.5 Å². The summed E-state index contributed by atoms with van der Waals surface area (Å²) in [5.74, 6) is 1.08. The molecule has 6 heteroatoms. The fourth-order valence-electron chi connectivity index (χ4n) is 2.14. The van der Waals surface area contributed by atoms with Gasteiger partial charge in [-0.05, 0) is 43.7 Å². The maximum absolute atomic E-state index is 12.4. The van der Waals surface area contributed by atoms with Crippen LogP contribution >= 0.6 is 0 Å². The van der Waals surface area contributed by atoms with Crippen molar-refractivity contribution in [3.63, 3.8) is 0 Å². The van der Waals surface area contributed by atoms with Crippen LogP contribution in [0.5, 0.6) is 11.5 Å². The van der Waals surface area contributed by atoms with E-state index in [1.54, 1.807) is 19.2 Å². The van der Waals surface area contributed by atoms with E-state index in [4.69, 9.17) is 9.47 Å². The molecule has 114 valence electrons. The van der Waals surface area contributed by atoms with Crippen molar-refractivity contribution >= 4 is 0 Å². The van der Waals surface area contributed by atoms with Crippen molar-refractivity contribution in [2.24, 2.45) is 0 Å². The second-order valence-corrected chi connectivity index (χ2v) is 4.56. The van der Waals surface area contributed by atoms with Crippen molar-refractivity contribution in [1.82, 2.24) is 5.32 Å². The molecule has 1 N–H and O–H groups in total. The highest BCUT2D eigenvalue weighted by Crippen LogP contribution is 2.35. The molecule has 0 heterocycles. The number of hydrogen-bond donors (Lipinski definition) is 1. The molecule has 0 spiro atoms. The highest BCUT2D eigenvalue weighted by atomic mass is 19.4. The minimum atomic E-state index is -4.15. The molecule has 3 nitrogen and oxygen atoms in total. The molecule has 0 radical (unpaired) electrons. The first kappa shape index (κ1) is 16.6. The van der Waals surface area contributed by atoms with E-state index in [-0.39, 0.29) is 12.5 Å². The monoisotopic (exact) mass is 291 g/mol. The standard InChI is InChI=1S/C14H20F3NO2/c1-9-7-12(19-3)13(20-4)8-10(9)11(18-2)5-6-14(15,16)17/h7-8,11,18H,5-6H2,1-4H3. The third-order valence-electron chi connectivity index (χ3n) is 3.21. The number of nitrogens with one attached hydrogen (secondary N) is 1. The van der Waals surface area contributed by atoms with E-state index in [1.165, 1.54) is 14.2 Å². The van der Waals surface area contributed by atoms with Gasteiger partial charge in [-0.25, -0.2) is 0 Å². The van der Waals surface area contributed by atoms with E-state index in [9.17, 15) is 13.2 Å². The number of ether oxygens (including phenoxy) is 2. The summed E-state index contributed by atoms with van der Waals surface area (Å²) in [4.78, 5) is 0. The van der Waals surface area contributed by atoms with Crippen LogP contribution in [0.25, 0.3) is 0 Å². The third-order valence-corrected chi connectivity index (χ3v) is 3.21. The van der Waals surface area contributed by atoms with E-state index in [1.807, 2.05) is 6.92 Å². The first-order valence-electron chi connectivity index (χ1n) is 6.29. The van der Waals surface area contributed by atoms with Gasteiger partial charge in [0.05, 0.1) is 14.2 Å². The third kappa shape index (κ3) is 4.30. The molecule has 0 saturated carbocycles. The summed E-state index contributed by atoms with van der Waals surface area (Å²) in [5.41, 5.74) is 1.65. The average Bonchev–Trinajstić information content (AvgIpc) is 2.39. The van der Waals surface area contributed by atoms with Crippen LogP contribution in [0.2, 0.25) is 0 Å². The second-order valence-electron chi connectivity index (χ2n) is 4.56. The molecular weight excluding hydrogens is 271 g/mol. The lowest BCUT2D eigenvalue weighted by Gasteiger charge is -2.21. The van der Waals surface area contributed by atoms with Gasteiger partial charge in [-0.2, -0.15) is 13.2 Å². The number of methoxy groups -OCH3 is 2. The van der Waals surface area contributed by atoms with Gasteiger partial charge in [0.15, 0.2) is 11.5 Å². The van der Waals surface area contributed by atoms with Gasteiger partial charge in [0, 0.05) is 12.5 Å². The normalized spacial score (nSPS) is 13.2. The molecule has 0 amide bonds. The van der Waals surface area contributed by atoms with Crippen LogP contribution in [-0.2, 0) is 0 Å². The van der Waals surface area contributed by atoms with Crippen molar-refractivity contribution in [2.45, 2.75) is 32.0 Å². The molecule has 1 aromatic carbocycles. The molecule has 1 rings (SSSR count). The molecule has 1 unspecified atom stereocenters. The van der Waals surface area contributed by atoms with Crippen molar-refractivity contribution in [2.75, 3.05) is 21.3 Å². The van der Waals surface area contributed by atoms with Gasteiger partial charge in [-0.15, -0.1) is 0 Å². The summed E-state index contributed by atoms with van der Waals surface area (Å²) < 4.78 is 47.5. The molecule has 0 aliphatic heterocycles. The minimum absolute atomic E-state index is 0.0175. The first-order chi connectivity index (χ1) is 9.32. The number of hydrogen-bond acceptors (Lipinski definition) is 3. The maximum atomic E-state index is 12.4. The Hall–Kier alpha value is -1.43. The lowest BCUT2D eigenvalue weighted by molar-refractivity contribution is -0.136. The van der Waals surface area contributed by atoms with E-state index in [0.717, 1.165) is 11.1 Å². The highest BCUT2D eigenvalue weighted by molar-refractivity contribution is 5.48. The molecule has 1 aromatic rings. The van der Waals surface area contributed by atoms with Crippen LogP contribution in [0.15, 0.2) is 12.1 Å². The first-order valence-corrected chi connectivity index (χ1v) is 6.29. The molecule has 0 aliphatic carbocycles. The largest absolute Gasteiger partial charge is 0.493 e. The van der Waals surface area contributed by atoms with Crippen LogP contribution < -0.4 is 14.8 Å². The minimum Gasteiger partial charge on any atom is -0.493 e. The smallest absolute Gasteiger partial charge is 0.389 e. The molecular formula is C14H20F3NO2. The topological polar surface area (TPSA) is 30.5 Å².